The Labute approximate surface area is 247 Å². The van der Waals surface area contributed by atoms with Crippen LogP contribution < -0.4 is 14.3 Å². The van der Waals surface area contributed by atoms with E-state index in [2.05, 4.69) is 10.0 Å². The molecule has 13 heteroatoms. The Kier molecular flexibility index (Phi) is 8.96. The maximum atomic E-state index is 13.5. The summed E-state index contributed by atoms with van der Waals surface area (Å²) in [5, 5.41) is 3.31. The van der Waals surface area contributed by atoms with Crippen LogP contribution in [0.5, 0.6) is 0 Å². The zero-order chi connectivity index (χ0) is 29.1. The van der Waals surface area contributed by atoms with Crippen molar-refractivity contribution in [2.24, 2.45) is 0 Å². The van der Waals surface area contributed by atoms with Crippen molar-refractivity contribution in [1.29, 1.82) is 0 Å². The molecule has 0 fully saturated rings. The lowest BCUT2D eigenvalue weighted by Gasteiger charge is -2.24. The molecule has 0 radical (unpaired) electrons. The monoisotopic (exact) mass is 637 g/mol. The molecule has 1 amide bonds. The Hall–Kier alpha value is -3.28. The fourth-order valence-electron chi connectivity index (χ4n) is 3.61. The van der Waals surface area contributed by atoms with Gasteiger partial charge < -0.3 is 5.32 Å². The molecule has 2 N–H and O–H groups in total. The van der Waals surface area contributed by atoms with E-state index >= 15 is 0 Å². The summed E-state index contributed by atoms with van der Waals surface area (Å²) in [4.78, 5) is 12.9. The number of amides is 1. The highest BCUT2D eigenvalue weighted by Crippen LogP contribution is 2.31. The van der Waals surface area contributed by atoms with Crippen LogP contribution in [-0.2, 0) is 24.8 Å². The molecule has 0 bridgehead atoms. The standard InChI is InChI=1S/C27H22Cl3N3O5S2/c1-18-5-10-24(11-6-18)40(37,38)33(22-9-14-25(29)26(30)16-22)17-27(34)31-20-7-12-23(13-8-20)39(35,36)32-21-4-2-3-19(28)15-21/h2-16,32H,17H2,1H3,(H,31,34). The number of hydrogen-bond donors (Lipinski definition) is 2. The van der Waals surface area contributed by atoms with Gasteiger partial charge in [-0.25, -0.2) is 16.8 Å². The van der Waals surface area contributed by atoms with Gasteiger partial charge in [0, 0.05) is 10.7 Å². The first-order valence-corrected chi connectivity index (χ1v) is 15.6. The number of rotatable bonds is 9. The van der Waals surface area contributed by atoms with Crippen molar-refractivity contribution in [2.45, 2.75) is 16.7 Å². The largest absolute Gasteiger partial charge is 0.325 e. The van der Waals surface area contributed by atoms with Crippen LogP contribution in [0.4, 0.5) is 17.1 Å². The minimum absolute atomic E-state index is 0.0151. The van der Waals surface area contributed by atoms with E-state index in [-0.39, 0.29) is 31.2 Å². The molecule has 0 saturated carbocycles. The van der Waals surface area contributed by atoms with E-state index in [0.717, 1.165) is 9.87 Å². The molecule has 0 aliphatic heterocycles. The van der Waals surface area contributed by atoms with Crippen molar-refractivity contribution in [3.8, 4) is 0 Å². The van der Waals surface area contributed by atoms with Crippen LogP contribution in [0.15, 0.2) is 101 Å². The molecule has 0 saturated heterocycles. The van der Waals surface area contributed by atoms with Crippen LogP contribution in [0.25, 0.3) is 0 Å². The maximum absolute atomic E-state index is 13.5. The summed E-state index contributed by atoms with van der Waals surface area (Å²) in [7, 11) is -8.10. The molecule has 0 unspecified atom stereocenters. The van der Waals surface area contributed by atoms with E-state index in [1.807, 2.05) is 6.92 Å². The topological polar surface area (TPSA) is 113 Å². The Morgan fingerprint density at radius 1 is 0.750 bits per heavy atom. The lowest BCUT2D eigenvalue weighted by Crippen LogP contribution is -2.38. The van der Waals surface area contributed by atoms with Crippen LogP contribution in [0.1, 0.15) is 5.56 Å². The lowest BCUT2D eigenvalue weighted by atomic mass is 10.2. The van der Waals surface area contributed by atoms with E-state index < -0.39 is 32.5 Å². The molecule has 8 nitrogen and oxygen atoms in total. The van der Waals surface area contributed by atoms with Gasteiger partial charge in [-0.15, -0.1) is 0 Å². The molecule has 0 aliphatic carbocycles. The van der Waals surface area contributed by atoms with Gasteiger partial charge in [-0.1, -0.05) is 58.6 Å². The van der Waals surface area contributed by atoms with E-state index in [9.17, 15) is 21.6 Å². The fraction of sp³-hybridized carbons (Fsp3) is 0.0741. The highest BCUT2D eigenvalue weighted by molar-refractivity contribution is 7.93. The average Bonchev–Trinajstić information content (AvgIpc) is 2.89. The third kappa shape index (κ3) is 7.07. The summed E-state index contributed by atoms with van der Waals surface area (Å²) in [6.07, 6.45) is 0. The summed E-state index contributed by atoms with van der Waals surface area (Å²) in [6, 6.07) is 22.1. The Morgan fingerprint density at radius 2 is 1.40 bits per heavy atom. The molecule has 208 valence electrons. The molecule has 40 heavy (non-hydrogen) atoms. The second-order valence-electron chi connectivity index (χ2n) is 8.61. The van der Waals surface area contributed by atoms with Gasteiger partial charge in [0.15, 0.2) is 0 Å². The van der Waals surface area contributed by atoms with Crippen molar-refractivity contribution in [3.63, 3.8) is 0 Å². The number of halogens is 3. The number of anilines is 3. The zero-order valence-corrected chi connectivity index (χ0v) is 24.7. The Morgan fingerprint density at radius 3 is 2.02 bits per heavy atom. The number of hydrogen-bond acceptors (Lipinski definition) is 5. The third-order valence-electron chi connectivity index (χ3n) is 5.61. The summed E-state index contributed by atoms with van der Waals surface area (Å²) in [6.45, 7) is 1.23. The van der Waals surface area contributed by atoms with Crippen LogP contribution in [-0.4, -0.2) is 29.3 Å². The van der Waals surface area contributed by atoms with Gasteiger partial charge in [-0.2, -0.15) is 0 Å². The van der Waals surface area contributed by atoms with Gasteiger partial charge in [0.25, 0.3) is 20.0 Å². The van der Waals surface area contributed by atoms with Gasteiger partial charge in [0.2, 0.25) is 5.91 Å². The van der Waals surface area contributed by atoms with E-state index in [4.69, 9.17) is 34.8 Å². The summed E-state index contributed by atoms with van der Waals surface area (Å²) in [5.74, 6) is -0.672. The first kappa shape index (κ1) is 29.7. The number of carbonyl (C=O) groups is 1. The van der Waals surface area contributed by atoms with Gasteiger partial charge in [0.05, 0.1) is 31.2 Å². The van der Waals surface area contributed by atoms with Crippen LogP contribution in [0.3, 0.4) is 0 Å². The molecule has 4 aromatic carbocycles. The molecule has 0 aliphatic rings. The van der Waals surface area contributed by atoms with Gasteiger partial charge >= 0.3 is 0 Å². The molecule has 0 aromatic heterocycles. The molecular weight excluding hydrogens is 617 g/mol. The number of sulfonamides is 2. The molecular formula is C27H22Cl3N3O5S2. The van der Waals surface area contributed by atoms with Crippen LogP contribution in [0.2, 0.25) is 15.1 Å². The molecule has 0 heterocycles. The van der Waals surface area contributed by atoms with E-state index in [1.54, 1.807) is 30.3 Å². The number of nitrogens with one attached hydrogen (secondary N) is 2. The van der Waals surface area contributed by atoms with Gasteiger partial charge in [-0.05, 0) is 79.7 Å². The Bertz CT molecular complexity index is 1760. The van der Waals surface area contributed by atoms with Gasteiger partial charge in [-0.3, -0.25) is 13.8 Å². The van der Waals surface area contributed by atoms with Crippen molar-refractivity contribution in [3.05, 3.63) is 112 Å². The highest BCUT2D eigenvalue weighted by Gasteiger charge is 2.28. The minimum Gasteiger partial charge on any atom is -0.325 e. The SMILES string of the molecule is Cc1ccc(S(=O)(=O)N(CC(=O)Nc2ccc(S(=O)(=O)Nc3cccc(Cl)c3)cc2)c2ccc(Cl)c(Cl)c2)cc1. The smallest absolute Gasteiger partial charge is 0.264 e. The number of nitrogens with zero attached hydrogens (tertiary/aromatic N) is 1. The van der Waals surface area contributed by atoms with Crippen molar-refractivity contribution >= 4 is 77.8 Å². The van der Waals surface area contributed by atoms with E-state index in [1.165, 1.54) is 60.7 Å². The lowest BCUT2D eigenvalue weighted by molar-refractivity contribution is -0.114. The summed E-state index contributed by atoms with van der Waals surface area (Å²) >= 11 is 18.1. The maximum Gasteiger partial charge on any atom is 0.264 e. The number of benzene rings is 4. The minimum atomic E-state index is -4.17. The van der Waals surface area contributed by atoms with Crippen molar-refractivity contribution in [2.75, 3.05) is 20.9 Å². The second kappa shape index (κ2) is 12.1. The van der Waals surface area contributed by atoms with Crippen molar-refractivity contribution < 1.29 is 21.6 Å². The van der Waals surface area contributed by atoms with E-state index in [0.29, 0.717) is 10.7 Å². The average molecular weight is 639 g/mol. The first-order valence-electron chi connectivity index (χ1n) is 11.6. The molecule has 4 aromatic rings. The first-order chi connectivity index (χ1) is 18.8. The third-order valence-corrected chi connectivity index (χ3v) is 9.77. The predicted molar refractivity (Wildman–Crippen MR) is 160 cm³/mol. The second-order valence-corrected chi connectivity index (χ2v) is 13.4. The number of carbonyl (C=O) groups excluding carboxylic acids is 1. The predicted octanol–water partition coefficient (Wildman–Crippen LogP) is 6.59. The molecule has 0 spiro atoms. The number of aryl methyl sites for hydroxylation is 1. The quantitative estimate of drug-likeness (QED) is 0.215. The molecule has 4 rings (SSSR count). The molecule has 0 atom stereocenters. The fourth-order valence-corrected chi connectivity index (χ4v) is 6.55. The van der Waals surface area contributed by atoms with Crippen LogP contribution in [0, 0.1) is 6.92 Å². The Balaban J connectivity index is 1.55. The van der Waals surface area contributed by atoms with Crippen molar-refractivity contribution in [1.82, 2.24) is 0 Å². The summed E-state index contributed by atoms with van der Waals surface area (Å²) in [5.41, 5.74) is 1.56. The van der Waals surface area contributed by atoms with Crippen LogP contribution >= 0.6 is 34.8 Å². The summed E-state index contributed by atoms with van der Waals surface area (Å²) < 4.78 is 55.9. The zero-order valence-electron chi connectivity index (χ0n) is 20.8. The van der Waals surface area contributed by atoms with Gasteiger partial charge in [0.1, 0.15) is 6.54 Å². The normalized spacial score (nSPS) is 11.6. The highest BCUT2D eigenvalue weighted by atomic mass is 35.5.